The first kappa shape index (κ1) is 19.7. The summed E-state index contributed by atoms with van der Waals surface area (Å²) in [7, 11) is -2.76. The molecule has 12 nitrogen and oxygen atoms in total. The van der Waals surface area contributed by atoms with E-state index in [1.807, 2.05) is 0 Å². The molecule has 0 aliphatic carbocycles. The number of hydrogen-bond acceptors (Lipinski definition) is 8. The average Bonchev–Trinajstić information content (AvgIpc) is 3.21. The molecule has 13 heteroatoms. The molecule has 1 aromatic carbocycles. The molecular formula is C15H18N6O6S. The quantitative estimate of drug-likeness (QED) is 0.642. The van der Waals surface area contributed by atoms with E-state index in [0.717, 1.165) is 4.31 Å². The highest BCUT2D eigenvalue weighted by Crippen LogP contribution is 2.31. The zero-order valence-corrected chi connectivity index (χ0v) is 15.9. The molecule has 2 N–H and O–H groups in total. The van der Waals surface area contributed by atoms with Crippen LogP contribution < -0.4 is 4.74 Å². The fourth-order valence-electron chi connectivity index (χ4n) is 2.97. The molecule has 1 aromatic heterocycles. The van der Waals surface area contributed by atoms with Crippen LogP contribution in [0.2, 0.25) is 0 Å². The van der Waals surface area contributed by atoms with Crippen molar-refractivity contribution in [3.05, 3.63) is 18.2 Å². The highest BCUT2D eigenvalue weighted by Gasteiger charge is 2.41. The van der Waals surface area contributed by atoms with E-state index in [2.05, 4.69) is 20.6 Å². The Morgan fingerprint density at radius 3 is 2.64 bits per heavy atom. The minimum absolute atomic E-state index is 0.103. The van der Waals surface area contributed by atoms with Gasteiger partial charge in [0.15, 0.2) is 0 Å². The second kappa shape index (κ2) is 7.52. The first-order chi connectivity index (χ1) is 13.3. The molecule has 28 heavy (non-hydrogen) atoms. The average molecular weight is 410 g/mol. The van der Waals surface area contributed by atoms with Crippen molar-refractivity contribution in [2.45, 2.75) is 17.9 Å². The molecule has 1 aliphatic rings. The van der Waals surface area contributed by atoms with Crippen molar-refractivity contribution in [3.63, 3.8) is 0 Å². The van der Waals surface area contributed by atoms with E-state index in [1.165, 1.54) is 37.1 Å². The van der Waals surface area contributed by atoms with E-state index >= 15 is 0 Å². The Balaban J connectivity index is 2.01. The van der Waals surface area contributed by atoms with Crippen molar-refractivity contribution in [1.29, 1.82) is 0 Å². The molecule has 3 rings (SSSR count). The van der Waals surface area contributed by atoms with E-state index in [1.54, 1.807) is 0 Å². The van der Waals surface area contributed by atoms with Crippen LogP contribution in [0.3, 0.4) is 0 Å². The summed E-state index contributed by atoms with van der Waals surface area (Å²) in [6.45, 7) is 1.05. The number of carbonyl (C=O) groups excluding carboxylic acids is 1. The number of sulfonamides is 1. The summed E-state index contributed by atoms with van der Waals surface area (Å²) in [6, 6.07) is 2.65. The van der Waals surface area contributed by atoms with Crippen molar-refractivity contribution in [1.82, 2.24) is 29.8 Å². The molecule has 0 unspecified atom stereocenters. The predicted octanol–water partition coefficient (Wildman–Crippen LogP) is -0.819. The highest BCUT2D eigenvalue weighted by atomic mass is 32.2. The van der Waals surface area contributed by atoms with Crippen LogP contribution in [0.5, 0.6) is 5.75 Å². The first-order valence-electron chi connectivity index (χ1n) is 8.17. The van der Waals surface area contributed by atoms with Crippen LogP contribution in [-0.4, -0.2) is 88.0 Å². The van der Waals surface area contributed by atoms with Gasteiger partial charge >= 0.3 is 5.97 Å². The first-order valence-corrected chi connectivity index (χ1v) is 9.61. The van der Waals surface area contributed by atoms with Gasteiger partial charge in [0.25, 0.3) is 0 Å². The van der Waals surface area contributed by atoms with Crippen LogP contribution in [0.15, 0.2) is 23.1 Å². The maximum absolute atomic E-state index is 13.2. The molecule has 150 valence electrons. The number of nitrogens with zero attached hydrogens (tertiary/aromatic N) is 5. The minimum atomic E-state index is -4.17. The molecule has 1 aliphatic heterocycles. The largest absolute Gasteiger partial charge is 0.496 e. The topological polar surface area (TPSA) is 159 Å². The summed E-state index contributed by atoms with van der Waals surface area (Å²) < 4.78 is 32.4. The number of H-pyrrole nitrogens is 1. The third kappa shape index (κ3) is 3.53. The maximum atomic E-state index is 13.2. The van der Waals surface area contributed by atoms with Crippen molar-refractivity contribution in [2.24, 2.45) is 0 Å². The second-order valence-electron chi connectivity index (χ2n) is 6.03. The van der Waals surface area contributed by atoms with E-state index in [0.29, 0.717) is 5.75 Å². The number of rotatable bonds is 5. The van der Waals surface area contributed by atoms with Crippen molar-refractivity contribution in [2.75, 3.05) is 26.7 Å². The molecule has 0 bridgehead atoms. The van der Waals surface area contributed by atoms with Gasteiger partial charge in [0.05, 0.1) is 17.6 Å². The lowest BCUT2D eigenvalue weighted by Crippen LogP contribution is -2.58. The number of ether oxygens (including phenoxy) is 1. The van der Waals surface area contributed by atoms with Gasteiger partial charge in [-0.2, -0.15) is 9.52 Å². The maximum Gasteiger partial charge on any atom is 0.323 e. The molecule has 2 aromatic rings. The summed E-state index contributed by atoms with van der Waals surface area (Å²) in [5.41, 5.74) is 0.284. The van der Waals surface area contributed by atoms with Gasteiger partial charge in [-0.25, -0.2) is 8.42 Å². The number of carbonyl (C=O) groups is 2. The van der Waals surface area contributed by atoms with Gasteiger partial charge in [0, 0.05) is 26.6 Å². The fraction of sp³-hybridized carbons (Fsp3) is 0.400. The predicted molar refractivity (Wildman–Crippen MR) is 93.7 cm³/mol. The van der Waals surface area contributed by atoms with Crippen molar-refractivity contribution < 1.29 is 27.9 Å². The molecular weight excluding hydrogens is 392 g/mol. The van der Waals surface area contributed by atoms with E-state index < -0.39 is 22.0 Å². The standard InChI is InChI=1S/C15H18N6O6S/c1-9(22)20-5-6-21(12(8-20)15(23)24)28(25,26)10-3-4-13(27-2)11(7-10)14-16-18-19-17-14/h3-4,7,12H,5-6,8H2,1-2H3,(H,23,24)(H,16,17,18,19)/t12-/m1/s1. The van der Waals surface area contributed by atoms with Crippen LogP contribution >= 0.6 is 0 Å². The Bertz CT molecular complexity index is 992. The number of hydrogen-bond donors (Lipinski definition) is 2. The van der Waals surface area contributed by atoms with Crippen LogP contribution in [0, 0.1) is 0 Å². The number of piperazine rings is 1. The second-order valence-corrected chi connectivity index (χ2v) is 7.92. The molecule has 1 saturated heterocycles. The van der Waals surface area contributed by atoms with Crippen LogP contribution in [0.1, 0.15) is 6.92 Å². The van der Waals surface area contributed by atoms with Gasteiger partial charge in [-0.3, -0.25) is 9.59 Å². The molecule has 0 saturated carbocycles. The lowest BCUT2D eigenvalue weighted by Gasteiger charge is -2.38. The molecule has 1 amide bonds. The number of aromatic amines is 1. The smallest absolute Gasteiger partial charge is 0.323 e. The number of amides is 1. The van der Waals surface area contributed by atoms with E-state index in [9.17, 15) is 23.1 Å². The van der Waals surface area contributed by atoms with Crippen LogP contribution in [0.25, 0.3) is 11.4 Å². The lowest BCUT2D eigenvalue weighted by atomic mass is 10.2. The summed E-state index contributed by atoms with van der Waals surface area (Å²) in [6.07, 6.45) is 0. The zero-order chi connectivity index (χ0) is 20.5. The Labute approximate surface area is 160 Å². The van der Waals surface area contributed by atoms with Crippen LogP contribution in [0.4, 0.5) is 0 Å². The van der Waals surface area contributed by atoms with Gasteiger partial charge in [0.1, 0.15) is 11.8 Å². The number of aromatic nitrogens is 4. The third-order valence-corrected chi connectivity index (χ3v) is 6.33. The molecule has 0 radical (unpaired) electrons. The number of nitrogens with one attached hydrogen (secondary N) is 1. The minimum Gasteiger partial charge on any atom is -0.496 e. The van der Waals surface area contributed by atoms with Crippen molar-refractivity contribution >= 4 is 21.9 Å². The number of aliphatic carboxylic acids is 1. The summed E-state index contributed by atoms with van der Waals surface area (Å²) in [5.74, 6) is -1.19. The van der Waals surface area contributed by atoms with E-state index in [4.69, 9.17) is 4.74 Å². The number of methoxy groups -OCH3 is 1. The Morgan fingerprint density at radius 2 is 2.07 bits per heavy atom. The van der Waals surface area contributed by atoms with Gasteiger partial charge in [0.2, 0.25) is 21.8 Å². The van der Waals surface area contributed by atoms with Gasteiger partial charge in [-0.15, -0.1) is 10.2 Å². The molecule has 1 atom stereocenters. The summed E-state index contributed by atoms with van der Waals surface area (Å²) in [4.78, 5) is 24.4. The van der Waals surface area contributed by atoms with Crippen molar-refractivity contribution in [3.8, 4) is 17.1 Å². The third-order valence-electron chi connectivity index (χ3n) is 4.43. The number of carboxylic acids is 1. The highest BCUT2D eigenvalue weighted by molar-refractivity contribution is 7.89. The normalized spacial score (nSPS) is 18.1. The number of carboxylic acid groups (broad SMARTS) is 1. The zero-order valence-electron chi connectivity index (χ0n) is 15.1. The SMILES string of the molecule is COc1ccc(S(=O)(=O)N2CCN(C(C)=O)C[C@@H]2C(=O)O)cc1-c1nn[nH]n1. The van der Waals surface area contributed by atoms with Gasteiger partial charge in [-0.05, 0) is 23.4 Å². The number of tetrazole rings is 1. The summed E-state index contributed by atoms with van der Waals surface area (Å²) >= 11 is 0. The Hall–Kier alpha value is -3.06. The Kier molecular flexibility index (Phi) is 5.29. The monoisotopic (exact) mass is 410 g/mol. The molecule has 1 fully saturated rings. The molecule has 2 heterocycles. The fourth-order valence-corrected chi connectivity index (χ4v) is 4.57. The Morgan fingerprint density at radius 1 is 1.32 bits per heavy atom. The molecule has 0 spiro atoms. The van der Waals surface area contributed by atoms with Gasteiger partial charge < -0.3 is 14.7 Å². The number of benzene rings is 1. The van der Waals surface area contributed by atoms with E-state index in [-0.39, 0.29) is 41.8 Å². The lowest BCUT2D eigenvalue weighted by molar-refractivity contribution is -0.145. The van der Waals surface area contributed by atoms with Crippen LogP contribution in [-0.2, 0) is 19.6 Å². The van der Waals surface area contributed by atoms with Gasteiger partial charge in [-0.1, -0.05) is 0 Å². The summed E-state index contributed by atoms with van der Waals surface area (Å²) in [5, 5.41) is 22.9.